The van der Waals surface area contributed by atoms with E-state index in [4.69, 9.17) is 4.74 Å². The van der Waals surface area contributed by atoms with Crippen LogP contribution in [0, 0.1) is 0 Å². The molecule has 0 aliphatic heterocycles. The fraction of sp³-hybridized carbons (Fsp3) is 0.925. The highest BCUT2D eigenvalue weighted by molar-refractivity contribution is 5.76. The van der Waals surface area contributed by atoms with Crippen molar-refractivity contribution >= 4 is 11.9 Å². The number of esters is 1. The molecular weight excluding hydrogens is 1050 g/mol. The molecule has 2 unspecified atom stereocenters. The molecule has 0 bridgehead atoms. The van der Waals surface area contributed by atoms with Crippen LogP contribution in [0.3, 0.4) is 0 Å². The van der Waals surface area contributed by atoms with Gasteiger partial charge in [-0.25, -0.2) is 0 Å². The van der Waals surface area contributed by atoms with E-state index in [0.717, 1.165) is 44.9 Å². The van der Waals surface area contributed by atoms with Crippen LogP contribution in [0.1, 0.15) is 450 Å². The van der Waals surface area contributed by atoms with Crippen LogP contribution in [0.25, 0.3) is 0 Å². The molecule has 0 aliphatic carbocycles. The normalized spacial score (nSPS) is 12.6. The predicted molar refractivity (Wildman–Crippen MR) is 380 cm³/mol. The van der Waals surface area contributed by atoms with E-state index >= 15 is 0 Å². The standard InChI is InChI=1S/C80H155NO5/c1-3-5-7-9-11-13-15-17-19-20-21-22-23-30-33-36-39-42-45-48-52-56-60-64-68-72-78(83)77(76-82)81-79(84)73-69-65-61-57-53-49-46-43-40-37-34-31-28-26-24-25-27-29-32-35-38-41-44-47-51-55-59-63-67-71-75-86-80(85)74-70-66-62-58-54-50-18-16-14-12-10-8-6-4-2/h16,18,25,27,77-78,82-83H,3-15,17,19-24,26,28-76H2,1-2H3,(H,81,84)/b18-16-,27-25-. The van der Waals surface area contributed by atoms with Crippen molar-refractivity contribution in [3.05, 3.63) is 24.3 Å². The fourth-order valence-corrected chi connectivity index (χ4v) is 12.7. The lowest BCUT2D eigenvalue weighted by Crippen LogP contribution is -2.45. The van der Waals surface area contributed by atoms with E-state index in [9.17, 15) is 19.8 Å². The zero-order valence-corrected chi connectivity index (χ0v) is 58.6. The SMILES string of the molecule is CCCCCCC/C=C\CCCCCCCC(=O)OCCCCCCCCCCCCCC/C=C\CCCCCCCCCCCCCCCCC(=O)NC(CO)C(O)CCCCCCCCCCCCCCCCCCCCCCCCCCC. The lowest BCUT2D eigenvalue weighted by molar-refractivity contribution is -0.143. The monoisotopic (exact) mass is 1210 g/mol. The lowest BCUT2D eigenvalue weighted by Gasteiger charge is -2.22. The van der Waals surface area contributed by atoms with Crippen LogP contribution in [-0.4, -0.2) is 47.4 Å². The summed E-state index contributed by atoms with van der Waals surface area (Å²) >= 11 is 0. The van der Waals surface area contributed by atoms with Crippen LogP contribution in [0.5, 0.6) is 0 Å². The van der Waals surface area contributed by atoms with Crippen molar-refractivity contribution < 1.29 is 24.5 Å². The van der Waals surface area contributed by atoms with Crippen LogP contribution in [0.15, 0.2) is 24.3 Å². The first kappa shape index (κ1) is 84.3. The molecule has 0 heterocycles. The molecule has 6 heteroatoms. The summed E-state index contributed by atoms with van der Waals surface area (Å²) in [6.45, 7) is 4.99. The molecule has 86 heavy (non-hydrogen) atoms. The van der Waals surface area contributed by atoms with E-state index in [1.54, 1.807) is 0 Å². The van der Waals surface area contributed by atoms with Crippen molar-refractivity contribution in [3.63, 3.8) is 0 Å². The second kappa shape index (κ2) is 75.8. The average molecular weight is 1210 g/mol. The maximum Gasteiger partial charge on any atom is 0.305 e. The highest BCUT2D eigenvalue weighted by Crippen LogP contribution is 2.20. The van der Waals surface area contributed by atoms with Gasteiger partial charge in [-0.05, 0) is 77.0 Å². The molecule has 0 aromatic rings. The summed E-state index contributed by atoms with van der Waals surface area (Å²) in [5.74, 6) is -0.0181. The Morgan fingerprint density at radius 1 is 0.314 bits per heavy atom. The number of ether oxygens (including phenoxy) is 1. The van der Waals surface area contributed by atoms with Crippen molar-refractivity contribution in [2.75, 3.05) is 13.2 Å². The summed E-state index contributed by atoms with van der Waals surface area (Å²) in [6.07, 6.45) is 96.9. The van der Waals surface area contributed by atoms with Crippen LogP contribution in [0.4, 0.5) is 0 Å². The van der Waals surface area contributed by atoms with Crippen molar-refractivity contribution in [2.45, 2.75) is 463 Å². The molecule has 1 amide bonds. The van der Waals surface area contributed by atoms with Crippen molar-refractivity contribution in [3.8, 4) is 0 Å². The maximum atomic E-state index is 12.6. The summed E-state index contributed by atoms with van der Waals surface area (Å²) in [6, 6.07) is -0.542. The Morgan fingerprint density at radius 3 is 0.826 bits per heavy atom. The molecule has 3 N–H and O–H groups in total. The summed E-state index contributed by atoms with van der Waals surface area (Å²) in [4.78, 5) is 24.6. The molecule has 0 saturated carbocycles. The molecule has 0 aromatic heterocycles. The quantitative estimate of drug-likeness (QED) is 0.0320. The molecule has 2 atom stereocenters. The van der Waals surface area contributed by atoms with Gasteiger partial charge in [-0.2, -0.15) is 0 Å². The van der Waals surface area contributed by atoms with Gasteiger partial charge in [-0.1, -0.05) is 385 Å². The van der Waals surface area contributed by atoms with Crippen LogP contribution < -0.4 is 5.32 Å². The molecule has 510 valence electrons. The zero-order chi connectivity index (χ0) is 62.0. The molecule has 0 saturated heterocycles. The summed E-state index contributed by atoms with van der Waals surface area (Å²) in [5.41, 5.74) is 0. The number of aliphatic hydroxyl groups excluding tert-OH is 2. The van der Waals surface area contributed by atoms with E-state index < -0.39 is 12.1 Å². The minimum absolute atomic E-state index is 0.00958. The molecule has 0 fully saturated rings. The largest absolute Gasteiger partial charge is 0.466 e. The second-order valence-corrected chi connectivity index (χ2v) is 27.4. The number of nitrogens with one attached hydrogen (secondary N) is 1. The van der Waals surface area contributed by atoms with E-state index in [1.807, 2.05) is 0 Å². The Hall–Kier alpha value is -1.66. The Bertz CT molecular complexity index is 1350. The minimum Gasteiger partial charge on any atom is -0.466 e. The van der Waals surface area contributed by atoms with Crippen LogP contribution in [-0.2, 0) is 14.3 Å². The third-order valence-corrected chi connectivity index (χ3v) is 18.7. The average Bonchev–Trinajstić information content (AvgIpc) is 3.54. The van der Waals surface area contributed by atoms with Gasteiger partial charge in [0.25, 0.3) is 0 Å². The van der Waals surface area contributed by atoms with Gasteiger partial charge in [0.1, 0.15) is 0 Å². The number of carbonyl (C=O) groups is 2. The number of amides is 1. The van der Waals surface area contributed by atoms with Crippen LogP contribution in [0.2, 0.25) is 0 Å². The Balaban J connectivity index is 3.37. The first-order valence-electron chi connectivity index (χ1n) is 39.6. The topological polar surface area (TPSA) is 95.9 Å². The number of carbonyl (C=O) groups excluding carboxylic acids is 2. The summed E-state index contributed by atoms with van der Waals surface area (Å²) in [5, 5.41) is 23.5. The molecule has 0 aliphatic rings. The van der Waals surface area contributed by atoms with Gasteiger partial charge in [-0.15, -0.1) is 0 Å². The fourth-order valence-electron chi connectivity index (χ4n) is 12.7. The van der Waals surface area contributed by atoms with E-state index in [0.29, 0.717) is 25.9 Å². The minimum atomic E-state index is -0.665. The lowest BCUT2D eigenvalue weighted by atomic mass is 10.0. The summed E-state index contributed by atoms with van der Waals surface area (Å²) in [7, 11) is 0. The number of unbranched alkanes of at least 4 members (excludes halogenated alkanes) is 60. The van der Waals surface area contributed by atoms with Crippen molar-refractivity contribution in [1.82, 2.24) is 5.32 Å². The molecule has 0 spiro atoms. The number of aliphatic hydroxyl groups is 2. The Morgan fingerprint density at radius 2 is 0.547 bits per heavy atom. The molecule has 0 rings (SSSR count). The van der Waals surface area contributed by atoms with Gasteiger partial charge in [0.2, 0.25) is 5.91 Å². The Kier molecular flexibility index (Phi) is 74.3. The van der Waals surface area contributed by atoms with Gasteiger partial charge in [0.15, 0.2) is 0 Å². The van der Waals surface area contributed by atoms with Gasteiger partial charge in [0.05, 0.1) is 25.4 Å². The van der Waals surface area contributed by atoms with E-state index in [-0.39, 0.29) is 18.5 Å². The molecule has 6 nitrogen and oxygen atoms in total. The van der Waals surface area contributed by atoms with Crippen molar-refractivity contribution in [1.29, 1.82) is 0 Å². The molecule has 0 radical (unpaired) electrons. The second-order valence-electron chi connectivity index (χ2n) is 27.4. The summed E-state index contributed by atoms with van der Waals surface area (Å²) < 4.78 is 5.49. The Labute approximate surface area is 539 Å². The highest BCUT2D eigenvalue weighted by atomic mass is 16.5. The first-order valence-corrected chi connectivity index (χ1v) is 39.6. The predicted octanol–water partition coefficient (Wildman–Crippen LogP) is 26.0. The molecular formula is C80H155NO5. The number of hydrogen-bond acceptors (Lipinski definition) is 5. The number of rotatable bonds is 75. The van der Waals surface area contributed by atoms with Crippen LogP contribution >= 0.6 is 0 Å². The van der Waals surface area contributed by atoms with E-state index in [1.165, 1.54) is 372 Å². The number of hydrogen-bond donors (Lipinski definition) is 3. The highest BCUT2D eigenvalue weighted by Gasteiger charge is 2.20. The third-order valence-electron chi connectivity index (χ3n) is 18.7. The van der Waals surface area contributed by atoms with Crippen molar-refractivity contribution in [2.24, 2.45) is 0 Å². The number of allylic oxidation sites excluding steroid dienone is 4. The van der Waals surface area contributed by atoms with Gasteiger partial charge in [-0.3, -0.25) is 9.59 Å². The molecule has 0 aromatic carbocycles. The van der Waals surface area contributed by atoms with E-state index in [2.05, 4.69) is 43.5 Å². The third kappa shape index (κ3) is 71.4. The van der Waals surface area contributed by atoms with Gasteiger partial charge >= 0.3 is 5.97 Å². The maximum absolute atomic E-state index is 12.6. The zero-order valence-electron chi connectivity index (χ0n) is 58.6. The first-order chi connectivity index (χ1) is 42.5. The smallest absolute Gasteiger partial charge is 0.305 e. The van der Waals surface area contributed by atoms with Gasteiger partial charge < -0.3 is 20.3 Å². The van der Waals surface area contributed by atoms with Gasteiger partial charge in [0, 0.05) is 12.8 Å².